The van der Waals surface area contributed by atoms with Crippen molar-refractivity contribution >= 4 is 5.96 Å². The molecular weight excluding hydrogens is 348 g/mol. The van der Waals surface area contributed by atoms with E-state index in [-0.39, 0.29) is 0 Å². The molecule has 1 heterocycles. The number of aryl methyl sites for hydroxylation is 2. The molecule has 0 amide bonds. The minimum atomic E-state index is 0.664. The first-order valence-corrected chi connectivity index (χ1v) is 10.3. The van der Waals surface area contributed by atoms with E-state index < -0.39 is 0 Å². The Bertz CT molecular complexity index is 773. The SMILES string of the molecule is CCNC(=NCc1ccccc1CN(CC)CC)NCc1c(C)nn(C)c1C. The van der Waals surface area contributed by atoms with Gasteiger partial charge in [-0.05, 0) is 45.0 Å². The average Bonchev–Trinajstić information content (AvgIpc) is 2.94. The standard InChI is InChI=1S/C22H36N6/c1-7-23-22(25-15-21-17(4)26-27(6)18(21)5)24-14-19-12-10-11-13-20(19)16-28(8-2)9-3/h10-13H,7-9,14-16H2,1-6H3,(H2,23,24,25). The van der Waals surface area contributed by atoms with Crippen molar-refractivity contribution in [1.29, 1.82) is 0 Å². The van der Waals surface area contributed by atoms with Crippen LogP contribution in [-0.2, 0) is 26.7 Å². The molecule has 6 heteroatoms. The summed E-state index contributed by atoms with van der Waals surface area (Å²) < 4.78 is 1.93. The van der Waals surface area contributed by atoms with Crippen molar-refractivity contribution in [2.75, 3.05) is 19.6 Å². The summed E-state index contributed by atoms with van der Waals surface area (Å²) in [4.78, 5) is 7.26. The zero-order valence-corrected chi connectivity index (χ0v) is 18.3. The zero-order chi connectivity index (χ0) is 20.5. The number of rotatable bonds is 9. The average molecular weight is 385 g/mol. The van der Waals surface area contributed by atoms with Crippen LogP contribution in [0.1, 0.15) is 48.8 Å². The molecule has 2 rings (SSSR count). The van der Waals surface area contributed by atoms with Crippen molar-refractivity contribution in [3.05, 3.63) is 52.3 Å². The van der Waals surface area contributed by atoms with Crippen molar-refractivity contribution in [1.82, 2.24) is 25.3 Å². The summed E-state index contributed by atoms with van der Waals surface area (Å²) in [6.45, 7) is 16.0. The van der Waals surface area contributed by atoms with Crippen LogP contribution >= 0.6 is 0 Å². The largest absolute Gasteiger partial charge is 0.357 e. The van der Waals surface area contributed by atoms with Crippen LogP contribution in [-0.4, -0.2) is 40.3 Å². The first-order valence-electron chi connectivity index (χ1n) is 10.3. The molecule has 0 aliphatic carbocycles. The van der Waals surface area contributed by atoms with Gasteiger partial charge >= 0.3 is 0 Å². The van der Waals surface area contributed by atoms with Crippen LogP contribution in [0.5, 0.6) is 0 Å². The summed E-state index contributed by atoms with van der Waals surface area (Å²) in [5.74, 6) is 0.836. The molecule has 2 N–H and O–H groups in total. The van der Waals surface area contributed by atoms with E-state index in [1.807, 2.05) is 11.7 Å². The monoisotopic (exact) mass is 384 g/mol. The maximum absolute atomic E-state index is 4.83. The molecule has 6 nitrogen and oxygen atoms in total. The van der Waals surface area contributed by atoms with Gasteiger partial charge in [0.15, 0.2) is 5.96 Å². The van der Waals surface area contributed by atoms with Gasteiger partial charge in [0.05, 0.1) is 12.2 Å². The number of aliphatic imine (C=N–C) groups is 1. The third-order valence-corrected chi connectivity index (χ3v) is 5.25. The molecule has 2 aromatic rings. The molecule has 0 fully saturated rings. The van der Waals surface area contributed by atoms with E-state index in [0.29, 0.717) is 6.54 Å². The molecule has 0 radical (unpaired) electrons. The highest BCUT2D eigenvalue weighted by Crippen LogP contribution is 2.14. The molecule has 0 saturated heterocycles. The first-order chi connectivity index (χ1) is 13.5. The normalized spacial score (nSPS) is 11.9. The number of nitrogens with zero attached hydrogens (tertiary/aromatic N) is 4. The Balaban J connectivity index is 2.10. The quantitative estimate of drug-likeness (QED) is 0.515. The van der Waals surface area contributed by atoms with Crippen LogP contribution in [0, 0.1) is 13.8 Å². The van der Waals surface area contributed by atoms with E-state index in [2.05, 4.69) is 79.5 Å². The molecule has 0 aliphatic rings. The lowest BCUT2D eigenvalue weighted by atomic mass is 10.1. The fourth-order valence-corrected chi connectivity index (χ4v) is 3.31. The molecule has 0 spiro atoms. The van der Waals surface area contributed by atoms with Crippen molar-refractivity contribution < 1.29 is 0 Å². The van der Waals surface area contributed by atoms with Crippen LogP contribution in [0.2, 0.25) is 0 Å². The number of benzene rings is 1. The Morgan fingerprint density at radius 1 is 1.07 bits per heavy atom. The van der Waals surface area contributed by atoms with Crippen molar-refractivity contribution in [2.45, 2.75) is 54.3 Å². The smallest absolute Gasteiger partial charge is 0.191 e. The van der Waals surface area contributed by atoms with Gasteiger partial charge in [-0.25, -0.2) is 4.99 Å². The molecule has 0 bridgehead atoms. The van der Waals surface area contributed by atoms with Gasteiger partial charge in [-0.15, -0.1) is 0 Å². The molecule has 28 heavy (non-hydrogen) atoms. The third-order valence-electron chi connectivity index (χ3n) is 5.25. The summed E-state index contributed by atoms with van der Waals surface area (Å²) in [5, 5.41) is 11.3. The maximum atomic E-state index is 4.83. The van der Waals surface area contributed by atoms with E-state index in [9.17, 15) is 0 Å². The predicted octanol–water partition coefficient (Wildman–Crippen LogP) is 3.13. The van der Waals surface area contributed by atoms with Gasteiger partial charge in [0.2, 0.25) is 0 Å². The van der Waals surface area contributed by atoms with Crippen LogP contribution in [0.25, 0.3) is 0 Å². The molecule has 0 aliphatic heterocycles. The fraction of sp³-hybridized carbons (Fsp3) is 0.545. The topological polar surface area (TPSA) is 57.5 Å². The highest BCUT2D eigenvalue weighted by atomic mass is 15.3. The van der Waals surface area contributed by atoms with Gasteiger partial charge in [-0.2, -0.15) is 5.10 Å². The number of nitrogens with one attached hydrogen (secondary N) is 2. The summed E-state index contributed by atoms with van der Waals surface area (Å²) in [5.41, 5.74) is 6.11. The van der Waals surface area contributed by atoms with Gasteiger partial charge in [-0.3, -0.25) is 9.58 Å². The first kappa shape index (κ1) is 22.0. The maximum Gasteiger partial charge on any atom is 0.191 e. The molecular formula is C22H36N6. The van der Waals surface area contributed by atoms with Crippen LogP contribution < -0.4 is 10.6 Å². The lowest BCUT2D eigenvalue weighted by Gasteiger charge is -2.20. The second-order valence-electron chi connectivity index (χ2n) is 7.05. The number of aromatic nitrogens is 2. The predicted molar refractivity (Wildman–Crippen MR) is 117 cm³/mol. The lowest BCUT2D eigenvalue weighted by Crippen LogP contribution is -2.37. The van der Waals surface area contributed by atoms with Gasteiger partial charge in [0, 0.05) is 37.9 Å². The molecule has 0 atom stereocenters. The summed E-state index contributed by atoms with van der Waals surface area (Å²) in [6.07, 6.45) is 0. The highest BCUT2D eigenvalue weighted by molar-refractivity contribution is 5.79. The molecule has 0 unspecified atom stereocenters. The van der Waals surface area contributed by atoms with E-state index in [1.54, 1.807) is 0 Å². The third kappa shape index (κ3) is 5.83. The number of guanidine groups is 1. The Morgan fingerprint density at radius 2 is 1.75 bits per heavy atom. The number of hydrogen-bond donors (Lipinski definition) is 2. The minimum absolute atomic E-state index is 0.664. The second-order valence-corrected chi connectivity index (χ2v) is 7.05. The van der Waals surface area contributed by atoms with Gasteiger partial charge in [-0.1, -0.05) is 38.1 Å². The molecule has 1 aromatic heterocycles. The Kier molecular flexibility index (Phi) is 8.51. The van der Waals surface area contributed by atoms with E-state index in [0.717, 1.165) is 44.4 Å². The van der Waals surface area contributed by atoms with Gasteiger partial charge in [0.1, 0.15) is 0 Å². The molecule has 154 valence electrons. The summed E-state index contributed by atoms with van der Waals surface area (Å²) >= 11 is 0. The zero-order valence-electron chi connectivity index (χ0n) is 18.3. The Hall–Kier alpha value is -2.34. The van der Waals surface area contributed by atoms with E-state index in [4.69, 9.17) is 4.99 Å². The lowest BCUT2D eigenvalue weighted by molar-refractivity contribution is 0.295. The van der Waals surface area contributed by atoms with Crippen molar-refractivity contribution in [3.63, 3.8) is 0 Å². The van der Waals surface area contributed by atoms with Crippen molar-refractivity contribution in [3.8, 4) is 0 Å². The van der Waals surface area contributed by atoms with Crippen LogP contribution in [0.3, 0.4) is 0 Å². The minimum Gasteiger partial charge on any atom is -0.357 e. The van der Waals surface area contributed by atoms with Gasteiger partial charge < -0.3 is 10.6 Å². The summed E-state index contributed by atoms with van der Waals surface area (Å²) in [6, 6.07) is 8.61. The van der Waals surface area contributed by atoms with Crippen LogP contribution in [0.4, 0.5) is 0 Å². The van der Waals surface area contributed by atoms with E-state index >= 15 is 0 Å². The Labute approximate surface area is 170 Å². The summed E-state index contributed by atoms with van der Waals surface area (Å²) in [7, 11) is 1.98. The molecule has 0 saturated carbocycles. The fourth-order valence-electron chi connectivity index (χ4n) is 3.31. The van der Waals surface area contributed by atoms with Crippen LogP contribution in [0.15, 0.2) is 29.3 Å². The molecule has 1 aromatic carbocycles. The van der Waals surface area contributed by atoms with E-state index in [1.165, 1.54) is 22.4 Å². The van der Waals surface area contributed by atoms with Gasteiger partial charge in [0.25, 0.3) is 0 Å². The van der Waals surface area contributed by atoms with Crippen molar-refractivity contribution in [2.24, 2.45) is 12.0 Å². The Morgan fingerprint density at radius 3 is 2.32 bits per heavy atom. The highest BCUT2D eigenvalue weighted by Gasteiger charge is 2.10. The number of hydrogen-bond acceptors (Lipinski definition) is 3. The second kappa shape index (κ2) is 10.9.